The average molecular weight is 268 g/mol. The molecule has 0 unspecified atom stereocenters. The molecule has 0 aliphatic carbocycles. The Morgan fingerprint density at radius 2 is 2.15 bits per heavy atom. The molecule has 1 heterocycles. The summed E-state index contributed by atoms with van der Waals surface area (Å²) < 4.78 is 5.24. The second-order valence-electron chi connectivity index (χ2n) is 5.16. The summed E-state index contributed by atoms with van der Waals surface area (Å²) in [6, 6.07) is 12.6. The molecule has 104 valence electrons. The van der Waals surface area contributed by atoms with Gasteiger partial charge in [-0.05, 0) is 48.2 Å². The van der Waals surface area contributed by atoms with Gasteiger partial charge in [-0.25, -0.2) is 0 Å². The van der Waals surface area contributed by atoms with Gasteiger partial charge >= 0.3 is 0 Å². The highest BCUT2D eigenvalue weighted by molar-refractivity contribution is 5.62. The summed E-state index contributed by atoms with van der Waals surface area (Å²) in [7, 11) is 1.70. The third-order valence-corrected chi connectivity index (χ3v) is 3.84. The summed E-state index contributed by atoms with van der Waals surface area (Å²) >= 11 is 0. The first-order valence-corrected chi connectivity index (χ1v) is 7.01. The van der Waals surface area contributed by atoms with Crippen LogP contribution in [0, 0.1) is 6.92 Å². The van der Waals surface area contributed by atoms with Crippen LogP contribution < -0.4 is 15.4 Å². The van der Waals surface area contributed by atoms with Crippen LogP contribution in [-0.4, -0.2) is 13.7 Å². The SMILES string of the molecule is COc1ccc(NCc2cccc3c2NCC3)c(C)c1. The Kier molecular flexibility index (Phi) is 3.50. The fourth-order valence-corrected chi connectivity index (χ4v) is 2.71. The third kappa shape index (κ3) is 2.44. The van der Waals surface area contributed by atoms with Gasteiger partial charge in [-0.15, -0.1) is 0 Å². The number of benzene rings is 2. The van der Waals surface area contributed by atoms with Crippen LogP contribution in [0.4, 0.5) is 11.4 Å². The molecule has 2 aromatic rings. The molecule has 0 atom stereocenters. The highest BCUT2D eigenvalue weighted by atomic mass is 16.5. The number of nitrogens with one attached hydrogen (secondary N) is 2. The highest BCUT2D eigenvalue weighted by Gasteiger charge is 2.13. The van der Waals surface area contributed by atoms with Crippen molar-refractivity contribution in [1.82, 2.24) is 0 Å². The van der Waals surface area contributed by atoms with E-state index in [1.807, 2.05) is 6.07 Å². The summed E-state index contributed by atoms with van der Waals surface area (Å²) in [4.78, 5) is 0. The topological polar surface area (TPSA) is 33.3 Å². The fraction of sp³-hybridized carbons (Fsp3) is 0.294. The van der Waals surface area contributed by atoms with Gasteiger partial charge in [0.2, 0.25) is 0 Å². The van der Waals surface area contributed by atoms with Crippen LogP contribution >= 0.6 is 0 Å². The van der Waals surface area contributed by atoms with Crippen LogP contribution in [0.5, 0.6) is 5.75 Å². The number of fused-ring (bicyclic) bond motifs is 1. The van der Waals surface area contributed by atoms with Gasteiger partial charge in [-0.1, -0.05) is 18.2 Å². The van der Waals surface area contributed by atoms with E-state index in [0.717, 1.165) is 30.9 Å². The molecule has 20 heavy (non-hydrogen) atoms. The molecule has 0 fully saturated rings. The van der Waals surface area contributed by atoms with E-state index in [-0.39, 0.29) is 0 Å². The Morgan fingerprint density at radius 3 is 2.95 bits per heavy atom. The van der Waals surface area contributed by atoms with E-state index in [2.05, 4.69) is 47.9 Å². The molecule has 0 radical (unpaired) electrons. The predicted molar refractivity (Wildman–Crippen MR) is 83.7 cm³/mol. The first-order valence-electron chi connectivity index (χ1n) is 7.01. The fourth-order valence-electron chi connectivity index (χ4n) is 2.71. The van der Waals surface area contributed by atoms with Crippen molar-refractivity contribution in [1.29, 1.82) is 0 Å². The number of ether oxygens (including phenoxy) is 1. The smallest absolute Gasteiger partial charge is 0.119 e. The molecule has 0 amide bonds. The van der Waals surface area contributed by atoms with Crippen molar-refractivity contribution in [2.24, 2.45) is 0 Å². The molecule has 1 aliphatic rings. The molecule has 3 rings (SSSR count). The molecule has 3 nitrogen and oxygen atoms in total. The Morgan fingerprint density at radius 1 is 1.25 bits per heavy atom. The minimum absolute atomic E-state index is 0.837. The van der Waals surface area contributed by atoms with Crippen molar-refractivity contribution in [2.75, 3.05) is 24.3 Å². The Labute approximate surface area is 120 Å². The lowest BCUT2D eigenvalue weighted by molar-refractivity contribution is 0.414. The normalized spacial score (nSPS) is 12.7. The lowest BCUT2D eigenvalue weighted by Gasteiger charge is -2.13. The van der Waals surface area contributed by atoms with Gasteiger partial charge < -0.3 is 15.4 Å². The van der Waals surface area contributed by atoms with Gasteiger partial charge in [0.15, 0.2) is 0 Å². The van der Waals surface area contributed by atoms with Crippen molar-refractivity contribution in [3.63, 3.8) is 0 Å². The molecule has 0 saturated heterocycles. The summed E-state index contributed by atoms with van der Waals surface area (Å²) in [6.45, 7) is 3.98. The van der Waals surface area contributed by atoms with Crippen molar-refractivity contribution in [3.8, 4) is 5.75 Å². The number of methoxy groups -OCH3 is 1. The average Bonchev–Trinajstić information content (AvgIpc) is 2.95. The number of rotatable bonds is 4. The van der Waals surface area contributed by atoms with Crippen LogP contribution in [0.25, 0.3) is 0 Å². The van der Waals surface area contributed by atoms with E-state index >= 15 is 0 Å². The van der Waals surface area contributed by atoms with Crippen molar-refractivity contribution < 1.29 is 4.74 Å². The second kappa shape index (κ2) is 5.45. The molecule has 0 saturated carbocycles. The maximum absolute atomic E-state index is 5.24. The van der Waals surface area contributed by atoms with Gasteiger partial charge in [0.05, 0.1) is 7.11 Å². The number of para-hydroxylation sites is 1. The molecule has 2 aromatic carbocycles. The minimum Gasteiger partial charge on any atom is -0.497 e. The molecule has 0 aromatic heterocycles. The lowest BCUT2D eigenvalue weighted by atomic mass is 10.1. The van der Waals surface area contributed by atoms with Crippen molar-refractivity contribution >= 4 is 11.4 Å². The van der Waals surface area contributed by atoms with Crippen LogP contribution in [0.15, 0.2) is 36.4 Å². The van der Waals surface area contributed by atoms with E-state index in [4.69, 9.17) is 4.74 Å². The van der Waals surface area contributed by atoms with Crippen LogP contribution in [0.2, 0.25) is 0 Å². The van der Waals surface area contributed by atoms with Crippen LogP contribution in [-0.2, 0) is 13.0 Å². The lowest BCUT2D eigenvalue weighted by Crippen LogP contribution is -2.04. The van der Waals surface area contributed by atoms with Crippen molar-refractivity contribution in [3.05, 3.63) is 53.1 Å². The highest BCUT2D eigenvalue weighted by Crippen LogP contribution is 2.28. The largest absolute Gasteiger partial charge is 0.497 e. The molecular weight excluding hydrogens is 248 g/mol. The molecule has 1 aliphatic heterocycles. The maximum Gasteiger partial charge on any atom is 0.119 e. The zero-order valence-electron chi connectivity index (χ0n) is 12.0. The number of anilines is 2. The molecule has 2 N–H and O–H groups in total. The van der Waals surface area contributed by atoms with Gasteiger partial charge in [0, 0.05) is 24.5 Å². The summed E-state index contributed by atoms with van der Waals surface area (Å²) in [6.07, 6.45) is 1.13. The van der Waals surface area contributed by atoms with E-state index in [1.54, 1.807) is 7.11 Å². The predicted octanol–water partition coefficient (Wildman–Crippen LogP) is 3.58. The van der Waals surface area contributed by atoms with E-state index in [0.29, 0.717) is 0 Å². The van der Waals surface area contributed by atoms with Gasteiger partial charge in [-0.3, -0.25) is 0 Å². The number of hydrogen-bond donors (Lipinski definition) is 2. The Bertz CT molecular complexity index is 622. The first-order chi connectivity index (χ1) is 9.78. The van der Waals surface area contributed by atoms with Crippen LogP contribution in [0.3, 0.4) is 0 Å². The van der Waals surface area contributed by atoms with Crippen LogP contribution in [0.1, 0.15) is 16.7 Å². The summed E-state index contributed by atoms with van der Waals surface area (Å²) in [5.74, 6) is 0.898. The Balaban J connectivity index is 1.76. The monoisotopic (exact) mass is 268 g/mol. The second-order valence-corrected chi connectivity index (χ2v) is 5.16. The molecule has 0 bridgehead atoms. The van der Waals surface area contributed by atoms with E-state index in [1.165, 1.54) is 22.4 Å². The molecule has 0 spiro atoms. The zero-order chi connectivity index (χ0) is 13.9. The Hall–Kier alpha value is -2.16. The summed E-state index contributed by atoms with van der Waals surface area (Å²) in [5, 5.41) is 6.99. The zero-order valence-corrected chi connectivity index (χ0v) is 12.0. The standard InChI is InChI=1S/C17H20N2O/c1-12-10-15(20-2)6-7-16(12)19-11-14-5-3-4-13-8-9-18-17(13)14/h3-7,10,18-19H,8-9,11H2,1-2H3. The minimum atomic E-state index is 0.837. The maximum atomic E-state index is 5.24. The third-order valence-electron chi connectivity index (χ3n) is 3.84. The van der Waals surface area contributed by atoms with Crippen molar-refractivity contribution in [2.45, 2.75) is 19.9 Å². The van der Waals surface area contributed by atoms with Gasteiger partial charge in [0.1, 0.15) is 5.75 Å². The molecule has 3 heteroatoms. The van der Waals surface area contributed by atoms with Gasteiger partial charge in [-0.2, -0.15) is 0 Å². The number of hydrogen-bond acceptors (Lipinski definition) is 3. The van der Waals surface area contributed by atoms with E-state index < -0.39 is 0 Å². The summed E-state index contributed by atoms with van der Waals surface area (Å²) in [5.41, 5.74) is 6.42. The molecular formula is C17H20N2O. The first kappa shape index (κ1) is 12.9. The quantitative estimate of drug-likeness (QED) is 0.889. The van der Waals surface area contributed by atoms with E-state index in [9.17, 15) is 0 Å². The van der Waals surface area contributed by atoms with Gasteiger partial charge in [0.25, 0.3) is 0 Å². The number of aryl methyl sites for hydroxylation is 1.